The predicted molar refractivity (Wildman–Crippen MR) is 93.1 cm³/mol. The summed E-state index contributed by atoms with van der Waals surface area (Å²) in [7, 11) is 1.51. The average molecular weight is 355 g/mol. The minimum Gasteiger partial charge on any atom is -0.493 e. The highest BCUT2D eigenvalue weighted by molar-refractivity contribution is 7.15. The number of nitrogens with zero attached hydrogens (tertiary/aromatic N) is 1. The van der Waals surface area contributed by atoms with E-state index in [9.17, 15) is 4.79 Å². The molecule has 0 bridgehead atoms. The maximum absolute atomic E-state index is 12.3. The van der Waals surface area contributed by atoms with Gasteiger partial charge in [0.2, 0.25) is 0 Å². The van der Waals surface area contributed by atoms with Crippen molar-refractivity contribution in [3.05, 3.63) is 33.8 Å². The van der Waals surface area contributed by atoms with Crippen molar-refractivity contribution in [2.24, 2.45) is 5.92 Å². The number of rotatable bonds is 6. The minimum absolute atomic E-state index is 0.296. The van der Waals surface area contributed by atoms with Gasteiger partial charge in [-0.1, -0.05) is 25.4 Å². The SMILES string of the molecule is COc1cc(C(=O)Nc2ncc(C)s2)cc(Cl)c1OCC(C)C. The van der Waals surface area contributed by atoms with Gasteiger partial charge in [0.1, 0.15) is 0 Å². The third-order valence-corrected chi connectivity index (χ3v) is 4.00. The molecule has 7 heteroatoms. The number of methoxy groups -OCH3 is 1. The Kier molecular flexibility index (Phi) is 5.85. The number of nitrogens with one attached hydrogen (secondary N) is 1. The smallest absolute Gasteiger partial charge is 0.257 e. The molecule has 0 unspecified atom stereocenters. The summed E-state index contributed by atoms with van der Waals surface area (Å²) < 4.78 is 11.0. The molecule has 0 fully saturated rings. The van der Waals surface area contributed by atoms with Crippen LogP contribution in [-0.2, 0) is 0 Å². The van der Waals surface area contributed by atoms with Crippen LogP contribution in [-0.4, -0.2) is 24.6 Å². The molecule has 1 N–H and O–H groups in total. The summed E-state index contributed by atoms with van der Waals surface area (Å²) in [5, 5.41) is 3.62. The van der Waals surface area contributed by atoms with Crippen LogP contribution in [0.2, 0.25) is 5.02 Å². The highest BCUT2D eigenvalue weighted by atomic mass is 35.5. The summed E-state index contributed by atoms with van der Waals surface area (Å²) in [6.45, 7) is 6.52. The lowest BCUT2D eigenvalue weighted by Crippen LogP contribution is -2.12. The second-order valence-electron chi connectivity index (χ2n) is 5.42. The Balaban J connectivity index is 2.22. The van der Waals surface area contributed by atoms with Crippen molar-refractivity contribution in [3.63, 3.8) is 0 Å². The molecule has 0 aliphatic heterocycles. The number of halogens is 1. The maximum atomic E-state index is 12.3. The molecule has 0 atom stereocenters. The summed E-state index contributed by atoms with van der Waals surface area (Å²) in [5.74, 6) is 0.935. The molecule has 0 aliphatic rings. The van der Waals surface area contributed by atoms with Crippen molar-refractivity contribution >= 4 is 34.0 Å². The lowest BCUT2D eigenvalue weighted by Gasteiger charge is -2.15. The fourth-order valence-electron chi connectivity index (χ4n) is 1.82. The molecule has 2 aromatic rings. The molecule has 1 aromatic carbocycles. The van der Waals surface area contributed by atoms with E-state index in [0.29, 0.717) is 39.7 Å². The van der Waals surface area contributed by atoms with E-state index in [1.807, 2.05) is 20.8 Å². The molecule has 1 aromatic heterocycles. The molecule has 0 spiro atoms. The number of carbonyl (C=O) groups excluding carboxylic acids is 1. The minimum atomic E-state index is -0.296. The Labute approximate surface area is 144 Å². The molecule has 0 saturated heterocycles. The highest BCUT2D eigenvalue weighted by Crippen LogP contribution is 2.37. The van der Waals surface area contributed by atoms with Crippen LogP contribution < -0.4 is 14.8 Å². The zero-order valence-corrected chi connectivity index (χ0v) is 15.0. The van der Waals surface area contributed by atoms with Gasteiger partial charge < -0.3 is 9.47 Å². The maximum Gasteiger partial charge on any atom is 0.257 e. The number of anilines is 1. The van der Waals surface area contributed by atoms with Gasteiger partial charge in [-0.3, -0.25) is 10.1 Å². The summed E-state index contributed by atoms with van der Waals surface area (Å²) in [5.41, 5.74) is 0.386. The van der Waals surface area contributed by atoms with Gasteiger partial charge in [0, 0.05) is 16.6 Å². The van der Waals surface area contributed by atoms with E-state index in [0.717, 1.165) is 4.88 Å². The van der Waals surface area contributed by atoms with E-state index in [-0.39, 0.29) is 5.91 Å². The van der Waals surface area contributed by atoms with E-state index in [1.54, 1.807) is 18.3 Å². The lowest BCUT2D eigenvalue weighted by molar-refractivity contribution is 0.102. The second-order valence-corrected chi connectivity index (χ2v) is 7.07. The Morgan fingerprint density at radius 1 is 1.43 bits per heavy atom. The first-order valence-electron chi connectivity index (χ1n) is 7.14. The van der Waals surface area contributed by atoms with E-state index in [2.05, 4.69) is 10.3 Å². The van der Waals surface area contributed by atoms with Crippen LogP contribution >= 0.6 is 22.9 Å². The Hall–Kier alpha value is -1.79. The number of amides is 1. The number of aromatic nitrogens is 1. The summed E-state index contributed by atoms with van der Waals surface area (Å²) >= 11 is 7.66. The van der Waals surface area contributed by atoms with Crippen LogP contribution in [0.3, 0.4) is 0 Å². The van der Waals surface area contributed by atoms with E-state index < -0.39 is 0 Å². The van der Waals surface area contributed by atoms with Crippen LogP contribution in [0.15, 0.2) is 18.3 Å². The monoisotopic (exact) mass is 354 g/mol. The van der Waals surface area contributed by atoms with Crippen molar-refractivity contribution in [2.45, 2.75) is 20.8 Å². The number of carbonyl (C=O) groups is 1. The molecular formula is C16H19ClN2O3S. The molecule has 124 valence electrons. The number of thiazole rings is 1. The van der Waals surface area contributed by atoms with Crippen LogP contribution in [0.4, 0.5) is 5.13 Å². The largest absolute Gasteiger partial charge is 0.493 e. The van der Waals surface area contributed by atoms with Crippen LogP contribution in [0.1, 0.15) is 29.1 Å². The fourth-order valence-corrected chi connectivity index (χ4v) is 2.75. The lowest BCUT2D eigenvalue weighted by atomic mass is 10.2. The van der Waals surface area contributed by atoms with E-state index in [1.165, 1.54) is 18.4 Å². The van der Waals surface area contributed by atoms with Crippen LogP contribution in [0.5, 0.6) is 11.5 Å². The van der Waals surface area contributed by atoms with Gasteiger partial charge in [-0.2, -0.15) is 0 Å². The average Bonchev–Trinajstić information content (AvgIpc) is 2.90. The summed E-state index contributed by atoms with van der Waals surface area (Å²) in [4.78, 5) is 17.5. The Morgan fingerprint density at radius 3 is 2.74 bits per heavy atom. The number of ether oxygens (including phenoxy) is 2. The number of benzene rings is 1. The van der Waals surface area contributed by atoms with Crippen molar-refractivity contribution in [1.82, 2.24) is 4.98 Å². The third kappa shape index (κ3) is 4.59. The number of aryl methyl sites for hydroxylation is 1. The first-order valence-corrected chi connectivity index (χ1v) is 8.34. The zero-order chi connectivity index (χ0) is 17.0. The zero-order valence-electron chi connectivity index (χ0n) is 13.5. The molecule has 0 radical (unpaired) electrons. The van der Waals surface area contributed by atoms with Gasteiger partial charge >= 0.3 is 0 Å². The molecule has 0 aliphatic carbocycles. The molecular weight excluding hydrogens is 336 g/mol. The Bertz CT molecular complexity index is 701. The Morgan fingerprint density at radius 2 is 2.17 bits per heavy atom. The molecule has 1 heterocycles. The first-order chi connectivity index (χ1) is 10.9. The third-order valence-electron chi connectivity index (χ3n) is 2.89. The van der Waals surface area contributed by atoms with Crippen LogP contribution in [0, 0.1) is 12.8 Å². The standard InChI is InChI=1S/C16H19ClN2O3S/c1-9(2)8-22-14-12(17)5-11(6-13(14)21-4)15(20)19-16-18-7-10(3)23-16/h5-7,9H,8H2,1-4H3,(H,18,19,20). The van der Waals surface area contributed by atoms with Gasteiger partial charge in [0.15, 0.2) is 16.6 Å². The quantitative estimate of drug-likeness (QED) is 0.835. The van der Waals surface area contributed by atoms with Gasteiger partial charge in [-0.25, -0.2) is 4.98 Å². The molecule has 23 heavy (non-hydrogen) atoms. The van der Waals surface area contributed by atoms with Crippen molar-refractivity contribution in [2.75, 3.05) is 19.0 Å². The van der Waals surface area contributed by atoms with Gasteiger partial charge in [-0.05, 0) is 25.0 Å². The molecule has 5 nitrogen and oxygen atoms in total. The van der Waals surface area contributed by atoms with E-state index in [4.69, 9.17) is 21.1 Å². The molecule has 2 rings (SSSR count). The summed E-state index contributed by atoms with van der Waals surface area (Å²) in [6, 6.07) is 3.17. The molecule has 1 amide bonds. The van der Waals surface area contributed by atoms with Gasteiger partial charge in [-0.15, -0.1) is 11.3 Å². The molecule has 0 saturated carbocycles. The topological polar surface area (TPSA) is 60.5 Å². The predicted octanol–water partition coefficient (Wildman–Crippen LogP) is 4.40. The van der Waals surface area contributed by atoms with Gasteiger partial charge in [0.05, 0.1) is 18.7 Å². The van der Waals surface area contributed by atoms with Crippen LogP contribution in [0.25, 0.3) is 0 Å². The van der Waals surface area contributed by atoms with Crippen molar-refractivity contribution < 1.29 is 14.3 Å². The first kappa shape index (κ1) is 17.6. The van der Waals surface area contributed by atoms with E-state index >= 15 is 0 Å². The second kappa shape index (κ2) is 7.66. The fraction of sp³-hybridized carbons (Fsp3) is 0.375. The van der Waals surface area contributed by atoms with Gasteiger partial charge in [0.25, 0.3) is 5.91 Å². The summed E-state index contributed by atoms with van der Waals surface area (Å²) in [6.07, 6.45) is 1.71. The number of hydrogen-bond donors (Lipinski definition) is 1. The highest BCUT2D eigenvalue weighted by Gasteiger charge is 2.17. The van der Waals surface area contributed by atoms with Crippen molar-refractivity contribution in [1.29, 1.82) is 0 Å². The van der Waals surface area contributed by atoms with Crippen molar-refractivity contribution in [3.8, 4) is 11.5 Å². The number of hydrogen-bond acceptors (Lipinski definition) is 5. The normalized spacial score (nSPS) is 10.7.